The smallest absolute Gasteiger partial charge is 0.260 e. The van der Waals surface area contributed by atoms with Crippen LogP contribution in [0.1, 0.15) is 10.4 Å². The van der Waals surface area contributed by atoms with E-state index in [4.69, 9.17) is 25.5 Å². The number of anilines is 1. The molecule has 1 N–H and O–H groups in total. The van der Waals surface area contributed by atoms with E-state index in [1.165, 1.54) is 6.26 Å². The molecule has 5 nitrogen and oxygen atoms in total. The average Bonchev–Trinajstić information content (AvgIpc) is 2.86. The summed E-state index contributed by atoms with van der Waals surface area (Å²) in [5.74, 6) is 0.801. The maximum absolute atomic E-state index is 12.1. The highest BCUT2D eigenvalue weighted by Gasteiger charge is 2.18. The molecule has 20 heavy (non-hydrogen) atoms. The van der Waals surface area contributed by atoms with Gasteiger partial charge < -0.3 is 19.2 Å². The molecular formula is C13H9BrClNO4. The fraction of sp³-hybridized carbons (Fsp3) is 0.154. The number of ether oxygens (including phenoxy) is 2. The Kier molecular flexibility index (Phi) is 3.58. The molecule has 0 fully saturated rings. The second-order valence-corrected chi connectivity index (χ2v) is 5.17. The third-order valence-electron chi connectivity index (χ3n) is 2.74. The zero-order valence-electron chi connectivity index (χ0n) is 10.1. The molecule has 0 atom stereocenters. The van der Waals surface area contributed by atoms with Crippen molar-refractivity contribution in [2.24, 2.45) is 0 Å². The molecule has 1 aliphatic heterocycles. The summed E-state index contributed by atoms with van der Waals surface area (Å²) in [6.45, 7) is 0.951. The molecule has 0 bridgehead atoms. The minimum absolute atomic E-state index is 0.329. The summed E-state index contributed by atoms with van der Waals surface area (Å²) in [7, 11) is 0. The van der Waals surface area contributed by atoms with E-state index in [1.807, 2.05) is 0 Å². The summed E-state index contributed by atoms with van der Waals surface area (Å²) in [5, 5.41) is 3.08. The van der Waals surface area contributed by atoms with E-state index in [9.17, 15) is 4.79 Å². The summed E-state index contributed by atoms with van der Waals surface area (Å²) in [4.78, 5) is 12.1. The van der Waals surface area contributed by atoms with Crippen LogP contribution in [-0.4, -0.2) is 19.1 Å². The molecule has 1 aromatic heterocycles. The Morgan fingerprint density at radius 1 is 1.25 bits per heavy atom. The van der Waals surface area contributed by atoms with Crippen LogP contribution in [0.4, 0.5) is 5.69 Å². The van der Waals surface area contributed by atoms with Crippen molar-refractivity contribution in [1.29, 1.82) is 0 Å². The molecule has 0 saturated heterocycles. The van der Waals surface area contributed by atoms with Crippen molar-refractivity contribution in [3.63, 3.8) is 0 Å². The Morgan fingerprint density at radius 3 is 2.60 bits per heavy atom. The summed E-state index contributed by atoms with van der Waals surface area (Å²) in [5.41, 5.74) is 0.838. The molecule has 0 saturated carbocycles. The second-order valence-electron chi connectivity index (χ2n) is 4.04. The van der Waals surface area contributed by atoms with E-state index in [0.29, 0.717) is 45.7 Å². The maximum atomic E-state index is 12.1. The number of carbonyl (C=O) groups is 1. The predicted octanol–water partition coefficient (Wildman–Crippen LogP) is 3.72. The lowest BCUT2D eigenvalue weighted by Gasteiger charge is -2.19. The number of carbonyl (C=O) groups excluding carboxylic acids is 1. The fourth-order valence-corrected chi connectivity index (χ4v) is 2.43. The monoisotopic (exact) mass is 357 g/mol. The van der Waals surface area contributed by atoms with Crippen LogP contribution in [0.2, 0.25) is 5.02 Å². The standard InChI is InChI=1S/C13H9BrClNO4/c14-12-7(1-2-20-12)13(17)16-9-6-11-10(5-8(9)15)18-3-4-19-11/h1-2,5-6H,3-4H2,(H,16,17). The number of amides is 1. The Labute approximate surface area is 127 Å². The van der Waals surface area contributed by atoms with Crippen LogP contribution in [0.3, 0.4) is 0 Å². The lowest BCUT2D eigenvalue weighted by Crippen LogP contribution is -2.16. The lowest BCUT2D eigenvalue weighted by atomic mass is 10.2. The van der Waals surface area contributed by atoms with Crippen molar-refractivity contribution in [3.8, 4) is 11.5 Å². The number of benzene rings is 1. The summed E-state index contributed by atoms with van der Waals surface area (Å²) >= 11 is 9.27. The van der Waals surface area contributed by atoms with Crippen LogP contribution < -0.4 is 14.8 Å². The highest BCUT2D eigenvalue weighted by atomic mass is 79.9. The van der Waals surface area contributed by atoms with E-state index >= 15 is 0 Å². The van der Waals surface area contributed by atoms with E-state index in [2.05, 4.69) is 21.2 Å². The van der Waals surface area contributed by atoms with Crippen molar-refractivity contribution in [2.45, 2.75) is 0 Å². The first kappa shape index (κ1) is 13.3. The third kappa shape index (κ3) is 2.48. The lowest BCUT2D eigenvalue weighted by molar-refractivity contribution is 0.102. The molecule has 2 heterocycles. The molecule has 1 aromatic carbocycles. The van der Waals surface area contributed by atoms with Gasteiger partial charge in [0.25, 0.3) is 5.91 Å². The Bertz CT molecular complexity index is 670. The molecule has 104 valence electrons. The minimum atomic E-state index is -0.329. The summed E-state index contributed by atoms with van der Waals surface area (Å²) < 4.78 is 16.3. The molecule has 7 heteroatoms. The Hall–Kier alpha value is -1.66. The highest BCUT2D eigenvalue weighted by Crippen LogP contribution is 2.38. The number of furan rings is 1. The highest BCUT2D eigenvalue weighted by molar-refractivity contribution is 9.10. The van der Waals surface area contributed by atoms with Crippen molar-refractivity contribution >= 4 is 39.1 Å². The van der Waals surface area contributed by atoms with Crippen molar-refractivity contribution in [2.75, 3.05) is 18.5 Å². The SMILES string of the molecule is O=C(Nc1cc2c(cc1Cl)OCCO2)c1ccoc1Br. The molecule has 3 rings (SSSR count). The van der Waals surface area contributed by atoms with Gasteiger partial charge in [0.05, 0.1) is 22.5 Å². The molecule has 0 spiro atoms. The molecule has 0 unspecified atom stereocenters. The van der Waals surface area contributed by atoms with Gasteiger partial charge in [-0.05, 0) is 22.0 Å². The predicted molar refractivity (Wildman–Crippen MR) is 76.8 cm³/mol. The van der Waals surface area contributed by atoms with Crippen molar-refractivity contribution in [3.05, 3.63) is 39.7 Å². The number of hydrogen-bond donors (Lipinski definition) is 1. The van der Waals surface area contributed by atoms with Gasteiger partial charge in [0, 0.05) is 12.1 Å². The fourth-order valence-electron chi connectivity index (χ4n) is 1.81. The van der Waals surface area contributed by atoms with Gasteiger partial charge in [-0.1, -0.05) is 11.6 Å². The largest absolute Gasteiger partial charge is 0.486 e. The van der Waals surface area contributed by atoms with E-state index in [0.717, 1.165) is 0 Å². The van der Waals surface area contributed by atoms with Crippen LogP contribution >= 0.6 is 27.5 Å². The molecule has 2 aromatic rings. The van der Waals surface area contributed by atoms with E-state index < -0.39 is 0 Å². The van der Waals surface area contributed by atoms with E-state index in [1.54, 1.807) is 18.2 Å². The van der Waals surface area contributed by atoms with Crippen LogP contribution in [-0.2, 0) is 0 Å². The zero-order valence-corrected chi connectivity index (χ0v) is 12.5. The molecule has 0 radical (unpaired) electrons. The quantitative estimate of drug-likeness (QED) is 0.889. The Morgan fingerprint density at radius 2 is 1.95 bits per heavy atom. The van der Waals surface area contributed by atoms with Gasteiger partial charge in [-0.25, -0.2) is 0 Å². The minimum Gasteiger partial charge on any atom is -0.486 e. The first-order valence-corrected chi connectivity index (χ1v) is 6.96. The molecule has 1 amide bonds. The van der Waals surface area contributed by atoms with Gasteiger partial charge in [-0.15, -0.1) is 0 Å². The summed E-state index contributed by atoms with van der Waals surface area (Å²) in [6, 6.07) is 4.82. The number of fused-ring (bicyclic) bond motifs is 1. The van der Waals surface area contributed by atoms with Gasteiger partial charge >= 0.3 is 0 Å². The second kappa shape index (κ2) is 5.38. The van der Waals surface area contributed by atoms with Crippen LogP contribution in [0, 0.1) is 0 Å². The normalized spacial score (nSPS) is 13.1. The average molecular weight is 359 g/mol. The zero-order chi connectivity index (χ0) is 14.1. The maximum Gasteiger partial charge on any atom is 0.260 e. The van der Waals surface area contributed by atoms with E-state index in [-0.39, 0.29) is 5.91 Å². The number of rotatable bonds is 2. The molecule has 1 aliphatic rings. The van der Waals surface area contributed by atoms with Crippen LogP contribution in [0.25, 0.3) is 0 Å². The van der Waals surface area contributed by atoms with Crippen LogP contribution in [0.15, 0.2) is 33.5 Å². The topological polar surface area (TPSA) is 60.7 Å². The Balaban J connectivity index is 1.87. The first-order chi connectivity index (χ1) is 9.65. The van der Waals surface area contributed by atoms with Gasteiger partial charge in [-0.3, -0.25) is 4.79 Å². The summed E-state index contributed by atoms with van der Waals surface area (Å²) in [6.07, 6.45) is 1.42. The van der Waals surface area contributed by atoms with Crippen molar-refractivity contribution in [1.82, 2.24) is 0 Å². The number of halogens is 2. The third-order valence-corrected chi connectivity index (χ3v) is 3.67. The van der Waals surface area contributed by atoms with Crippen molar-refractivity contribution < 1.29 is 18.7 Å². The van der Waals surface area contributed by atoms with Gasteiger partial charge in [0.15, 0.2) is 16.2 Å². The number of hydrogen-bond acceptors (Lipinski definition) is 4. The van der Waals surface area contributed by atoms with Crippen LogP contribution in [0.5, 0.6) is 11.5 Å². The van der Waals surface area contributed by atoms with Gasteiger partial charge in [-0.2, -0.15) is 0 Å². The number of nitrogens with one attached hydrogen (secondary N) is 1. The van der Waals surface area contributed by atoms with Gasteiger partial charge in [0.1, 0.15) is 13.2 Å². The van der Waals surface area contributed by atoms with Gasteiger partial charge in [0.2, 0.25) is 0 Å². The molecule has 0 aliphatic carbocycles. The first-order valence-electron chi connectivity index (χ1n) is 5.78. The molecular weight excluding hydrogens is 350 g/mol.